The molecule has 1 fully saturated rings. The van der Waals surface area contributed by atoms with Gasteiger partial charge >= 0.3 is 5.51 Å². The Morgan fingerprint density at radius 1 is 1.09 bits per heavy atom. The summed E-state index contributed by atoms with van der Waals surface area (Å²) in [6, 6.07) is 8.02. The van der Waals surface area contributed by atoms with E-state index >= 15 is 0 Å². The summed E-state index contributed by atoms with van der Waals surface area (Å²) in [6.45, 7) is 0. The SMILES string of the molecule is O=C(c1ccccc1)C(OC1CCCCCC1)SC(F)(F)F. The van der Waals surface area contributed by atoms with Crippen molar-refractivity contribution in [1.29, 1.82) is 0 Å². The highest BCUT2D eigenvalue weighted by molar-refractivity contribution is 8.01. The van der Waals surface area contributed by atoms with Crippen molar-refractivity contribution in [2.45, 2.75) is 55.6 Å². The van der Waals surface area contributed by atoms with Crippen molar-refractivity contribution in [3.05, 3.63) is 35.9 Å². The van der Waals surface area contributed by atoms with Gasteiger partial charge in [-0.1, -0.05) is 56.0 Å². The molecule has 0 bridgehead atoms. The Labute approximate surface area is 132 Å². The van der Waals surface area contributed by atoms with Crippen LogP contribution in [0.15, 0.2) is 30.3 Å². The van der Waals surface area contributed by atoms with Crippen molar-refractivity contribution in [3.8, 4) is 0 Å². The number of hydrogen-bond donors (Lipinski definition) is 0. The van der Waals surface area contributed by atoms with Gasteiger partial charge in [-0.25, -0.2) is 0 Å². The monoisotopic (exact) mass is 332 g/mol. The van der Waals surface area contributed by atoms with Crippen LogP contribution in [-0.2, 0) is 4.74 Å². The molecule has 0 aliphatic heterocycles. The fourth-order valence-electron chi connectivity index (χ4n) is 2.56. The fourth-order valence-corrected chi connectivity index (χ4v) is 3.25. The van der Waals surface area contributed by atoms with E-state index in [2.05, 4.69) is 0 Å². The van der Waals surface area contributed by atoms with Crippen molar-refractivity contribution in [3.63, 3.8) is 0 Å². The highest BCUT2D eigenvalue weighted by atomic mass is 32.2. The highest BCUT2D eigenvalue weighted by Crippen LogP contribution is 2.37. The first-order chi connectivity index (χ1) is 10.5. The molecule has 0 saturated heterocycles. The van der Waals surface area contributed by atoms with Crippen LogP contribution in [0.25, 0.3) is 0 Å². The molecule has 1 atom stereocenters. The van der Waals surface area contributed by atoms with Crippen LogP contribution in [0.1, 0.15) is 48.9 Å². The van der Waals surface area contributed by atoms with Crippen molar-refractivity contribution < 1.29 is 22.7 Å². The number of carbonyl (C=O) groups is 1. The molecule has 0 radical (unpaired) electrons. The third kappa shape index (κ3) is 5.65. The minimum Gasteiger partial charge on any atom is -0.356 e. The zero-order valence-electron chi connectivity index (χ0n) is 12.1. The summed E-state index contributed by atoms with van der Waals surface area (Å²) in [5.41, 5.74) is -5.77. The van der Waals surface area contributed by atoms with Gasteiger partial charge in [0.2, 0.25) is 5.78 Å². The molecule has 1 aromatic rings. The molecule has 2 nitrogen and oxygen atoms in total. The molecule has 0 spiro atoms. The lowest BCUT2D eigenvalue weighted by Crippen LogP contribution is -2.29. The maximum atomic E-state index is 12.7. The predicted molar refractivity (Wildman–Crippen MR) is 80.8 cm³/mol. The van der Waals surface area contributed by atoms with E-state index in [1.165, 1.54) is 12.1 Å². The largest absolute Gasteiger partial charge is 0.444 e. The number of Topliss-reactive ketones (excluding diaryl/α,β-unsaturated/α-hetero) is 1. The number of carbonyl (C=O) groups excluding carboxylic acids is 1. The third-order valence-corrected chi connectivity index (χ3v) is 4.44. The topological polar surface area (TPSA) is 26.3 Å². The van der Waals surface area contributed by atoms with E-state index < -0.39 is 16.7 Å². The molecule has 2 rings (SSSR count). The summed E-state index contributed by atoms with van der Waals surface area (Å²) in [5, 5.41) is 0. The quantitative estimate of drug-likeness (QED) is 0.422. The lowest BCUT2D eigenvalue weighted by molar-refractivity contribution is -0.0398. The second-order valence-electron chi connectivity index (χ2n) is 5.38. The minimum absolute atomic E-state index is 0.248. The minimum atomic E-state index is -4.50. The molecule has 0 amide bonds. The second kappa shape index (κ2) is 8.02. The number of alkyl halides is 3. The maximum absolute atomic E-state index is 12.7. The first-order valence-electron chi connectivity index (χ1n) is 7.45. The van der Waals surface area contributed by atoms with Gasteiger partial charge in [0, 0.05) is 5.56 Å². The van der Waals surface area contributed by atoms with E-state index in [1.54, 1.807) is 18.2 Å². The van der Waals surface area contributed by atoms with Gasteiger partial charge in [0.05, 0.1) is 6.10 Å². The number of thioether (sulfide) groups is 1. The number of hydrogen-bond acceptors (Lipinski definition) is 3. The van der Waals surface area contributed by atoms with Crippen LogP contribution >= 0.6 is 11.8 Å². The summed E-state index contributed by atoms with van der Waals surface area (Å²) >= 11 is -0.367. The summed E-state index contributed by atoms with van der Waals surface area (Å²) < 4.78 is 43.8. The maximum Gasteiger partial charge on any atom is 0.444 e. The summed E-state index contributed by atoms with van der Waals surface area (Å²) in [7, 11) is 0. The highest BCUT2D eigenvalue weighted by Gasteiger charge is 2.38. The van der Waals surface area contributed by atoms with E-state index in [9.17, 15) is 18.0 Å². The third-order valence-electron chi connectivity index (χ3n) is 3.63. The summed E-state index contributed by atoms with van der Waals surface area (Å²) in [4.78, 5) is 12.3. The number of ketones is 1. The van der Waals surface area contributed by atoms with E-state index in [4.69, 9.17) is 4.74 Å². The van der Waals surface area contributed by atoms with Gasteiger partial charge in [-0.3, -0.25) is 4.79 Å². The van der Waals surface area contributed by atoms with Crippen LogP contribution in [0.5, 0.6) is 0 Å². The Morgan fingerprint density at radius 2 is 1.68 bits per heavy atom. The summed E-state index contributed by atoms with van der Waals surface area (Å²) in [6.07, 6.45) is 5.19. The first-order valence-corrected chi connectivity index (χ1v) is 8.33. The second-order valence-corrected chi connectivity index (χ2v) is 6.50. The Morgan fingerprint density at radius 3 is 2.23 bits per heavy atom. The molecule has 6 heteroatoms. The van der Waals surface area contributed by atoms with Crippen LogP contribution in [0.4, 0.5) is 13.2 Å². The Kier molecular flexibility index (Phi) is 6.32. The molecule has 1 unspecified atom stereocenters. The van der Waals surface area contributed by atoms with Gasteiger partial charge in [0.25, 0.3) is 0 Å². The molecule has 0 N–H and O–H groups in total. The average molecular weight is 332 g/mol. The van der Waals surface area contributed by atoms with Gasteiger partial charge < -0.3 is 4.74 Å². The van der Waals surface area contributed by atoms with Crippen molar-refractivity contribution in [2.75, 3.05) is 0 Å². The van der Waals surface area contributed by atoms with E-state index in [0.717, 1.165) is 38.5 Å². The number of rotatable bonds is 5. The van der Waals surface area contributed by atoms with Gasteiger partial charge in [0.1, 0.15) is 0 Å². The van der Waals surface area contributed by atoms with Gasteiger partial charge in [-0.05, 0) is 24.6 Å². The first kappa shape index (κ1) is 17.3. The lowest BCUT2D eigenvalue weighted by atomic mass is 10.1. The van der Waals surface area contributed by atoms with Crippen LogP contribution in [-0.4, -0.2) is 22.8 Å². The zero-order valence-corrected chi connectivity index (χ0v) is 13.0. The van der Waals surface area contributed by atoms with Crippen LogP contribution in [0.3, 0.4) is 0 Å². The van der Waals surface area contributed by atoms with Gasteiger partial charge in [0.15, 0.2) is 5.44 Å². The van der Waals surface area contributed by atoms with Crippen molar-refractivity contribution in [1.82, 2.24) is 0 Å². The van der Waals surface area contributed by atoms with Crippen LogP contribution < -0.4 is 0 Å². The molecule has 1 aliphatic carbocycles. The van der Waals surface area contributed by atoms with E-state index in [1.807, 2.05) is 0 Å². The van der Waals surface area contributed by atoms with E-state index in [0.29, 0.717) is 0 Å². The Balaban J connectivity index is 2.09. The van der Waals surface area contributed by atoms with Crippen LogP contribution in [0, 0.1) is 0 Å². The predicted octanol–water partition coefficient (Wildman–Crippen LogP) is 5.19. The summed E-state index contributed by atoms with van der Waals surface area (Å²) in [5.74, 6) is -0.618. The molecule has 1 aliphatic rings. The molecule has 1 saturated carbocycles. The zero-order chi connectivity index (χ0) is 16.0. The van der Waals surface area contributed by atoms with Crippen LogP contribution in [0.2, 0.25) is 0 Å². The molecular formula is C16H19F3O2S. The number of ether oxygens (including phenoxy) is 1. The Bertz CT molecular complexity index is 468. The van der Waals surface area contributed by atoms with Gasteiger partial charge in [-0.15, -0.1) is 0 Å². The molecule has 122 valence electrons. The molecule has 0 heterocycles. The molecule has 22 heavy (non-hydrogen) atoms. The van der Waals surface area contributed by atoms with E-state index in [-0.39, 0.29) is 23.4 Å². The number of halogens is 3. The number of benzene rings is 1. The standard InChI is InChI=1S/C16H19F3O2S/c17-16(18,19)22-15(14(20)12-8-4-3-5-9-12)21-13-10-6-1-2-7-11-13/h3-5,8-9,13,15H,1-2,6-7,10-11H2. The van der Waals surface area contributed by atoms with Crippen molar-refractivity contribution >= 4 is 17.5 Å². The lowest BCUT2D eigenvalue weighted by Gasteiger charge is -2.23. The molecular weight excluding hydrogens is 313 g/mol. The molecule has 0 aromatic heterocycles. The smallest absolute Gasteiger partial charge is 0.356 e. The average Bonchev–Trinajstić information content (AvgIpc) is 2.74. The normalized spacial score (nSPS) is 18.7. The van der Waals surface area contributed by atoms with Gasteiger partial charge in [-0.2, -0.15) is 13.2 Å². The Hall–Kier alpha value is -1.01. The fraction of sp³-hybridized carbons (Fsp3) is 0.562. The molecule has 1 aromatic carbocycles. The van der Waals surface area contributed by atoms with Crippen molar-refractivity contribution in [2.24, 2.45) is 0 Å².